The summed E-state index contributed by atoms with van der Waals surface area (Å²) in [6.07, 6.45) is 3.80. The van der Waals surface area contributed by atoms with E-state index >= 15 is 0 Å². The summed E-state index contributed by atoms with van der Waals surface area (Å²) in [5.74, 6) is 1.09. The number of rotatable bonds is 4. The Balaban J connectivity index is 1.77. The minimum Gasteiger partial charge on any atom is -0.490 e. The highest BCUT2D eigenvalue weighted by atomic mass is 32.2. The minimum atomic E-state index is -3.57. The predicted molar refractivity (Wildman–Crippen MR) is 85.5 cm³/mol. The molecule has 0 radical (unpaired) electrons. The van der Waals surface area contributed by atoms with Crippen LogP contribution in [0, 0.1) is 0 Å². The molecule has 1 saturated heterocycles. The lowest BCUT2D eigenvalue weighted by molar-refractivity contribution is 0.00858. The summed E-state index contributed by atoms with van der Waals surface area (Å²) in [7, 11) is -1.97. The zero-order chi connectivity index (χ0) is 16.3. The van der Waals surface area contributed by atoms with E-state index in [9.17, 15) is 8.42 Å². The van der Waals surface area contributed by atoms with Crippen LogP contribution in [0.15, 0.2) is 23.1 Å². The fraction of sp³-hybridized carbons (Fsp3) is 0.625. The Kier molecular flexibility index (Phi) is 5.08. The molecule has 6 nitrogen and oxygen atoms in total. The highest BCUT2D eigenvalue weighted by Gasteiger charge is 2.26. The number of ether oxygens (including phenoxy) is 3. The fourth-order valence-electron chi connectivity index (χ4n) is 2.82. The van der Waals surface area contributed by atoms with Gasteiger partial charge in [0.15, 0.2) is 11.5 Å². The molecule has 2 aliphatic heterocycles. The smallest absolute Gasteiger partial charge is 0.243 e. The molecule has 0 aromatic heterocycles. The van der Waals surface area contributed by atoms with Gasteiger partial charge in [0, 0.05) is 32.7 Å². The third kappa shape index (κ3) is 3.79. The van der Waals surface area contributed by atoms with Gasteiger partial charge in [-0.05, 0) is 31.4 Å². The number of fused-ring (bicyclic) bond motifs is 1. The first-order chi connectivity index (χ1) is 11.1. The summed E-state index contributed by atoms with van der Waals surface area (Å²) in [5, 5.41) is 0. The van der Waals surface area contributed by atoms with E-state index in [4.69, 9.17) is 14.2 Å². The van der Waals surface area contributed by atoms with Gasteiger partial charge in [-0.15, -0.1) is 0 Å². The van der Waals surface area contributed by atoms with Crippen LogP contribution in [0.1, 0.15) is 25.7 Å². The van der Waals surface area contributed by atoms with Crippen LogP contribution < -0.4 is 9.47 Å². The van der Waals surface area contributed by atoms with Crippen molar-refractivity contribution >= 4 is 10.0 Å². The van der Waals surface area contributed by atoms with Crippen LogP contribution >= 0.6 is 0 Å². The first-order valence-electron chi connectivity index (χ1n) is 8.05. The van der Waals surface area contributed by atoms with Gasteiger partial charge in [-0.25, -0.2) is 8.42 Å². The molecule has 7 heteroatoms. The Hall–Kier alpha value is -1.31. The van der Waals surface area contributed by atoms with Crippen molar-refractivity contribution in [1.82, 2.24) is 4.31 Å². The molecule has 1 unspecified atom stereocenters. The monoisotopic (exact) mass is 341 g/mol. The third-order valence-corrected chi connectivity index (χ3v) is 5.98. The van der Waals surface area contributed by atoms with Crippen molar-refractivity contribution in [2.75, 3.05) is 33.4 Å². The molecule has 1 aromatic carbocycles. The van der Waals surface area contributed by atoms with Crippen molar-refractivity contribution in [1.29, 1.82) is 0 Å². The zero-order valence-corrected chi connectivity index (χ0v) is 14.2. The molecule has 0 spiro atoms. The van der Waals surface area contributed by atoms with E-state index < -0.39 is 10.0 Å². The van der Waals surface area contributed by atoms with E-state index in [1.807, 2.05) is 0 Å². The van der Waals surface area contributed by atoms with Gasteiger partial charge in [0.05, 0.1) is 24.2 Å². The Bertz CT molecular complexity index is 640. The van der Waals surface area contributed by atoms with E-state index in [-0.39, 0.29) is 11.0 Å². The first-order valence-corrected chi connectivity index (χ1v) is 9.49. The van der Waals surface area contributed by atoms with Crippen molar-refractivity contribution in [2.24, 2.45) is 0 Å². The van der Waals surface area contributed by atoms with Gasteiger partial charge in [-0.2, -0.15) is 4.31 Å². The zero-order valence-electron chi connectivity index (χ0n) is 13.4. The lowest BCUT2D eigenvalue weighted by Gasteiger charge is -2.27. The molecular formula is C16H23NO5S. The molecule has 2 heterocycles. The second-order valence-electron chi connectivity index (χ2n) is 5.93. The van der Waals surface area contributed by atoms with Crippen molar-refractivity contribution < 1.29 is 22.6 Å². The molecule has 0 aliphatic carbocycles. The van der Waals surface area contributed by atoms with Gasteiger partial charge in [0.1, 0.15) is 0 Å². The molecule has 1 fully saturated rings. The van der Waals surface area contributed by atoms with Crippen LogP contribution in [-0.4, -0.2) is 52.2 Å². The third-order valence-electron chi connectivity index (χ3n) is 4.16. The van der Waals surface area contributed by atoms with Crippen LogP contribution in [0.2, 0.25) is 0 Å². The van der Waals surface area contributed by atoms with Crippen LogP contribution in [0.4, 0.5) is 0 Å². The predicted octanol–water partition coefficient (Wildman–Crippen LogP) is 2.04. The van der Waals surface area contributed by atoms with E-state index in [1.54, 1.807) is 25.2 Å². The Morgan fingerprint density at radius 3 is 2.61 bits per heavy atom. The quantitative estimate of drug-likeness (QED) is 0.838. The molecular weight excluding hydrogens is 318 g/mol. The van der Waals surface area contributed by atoms with Crippen molar-refractivity contribution in [3.63, 3.8) is 0 Å². The summed E-state index contributed by atoms with van der Waals surface area (Å²) in [6.45, 7) is 2.19. The van der Waals surface area contributed by atoms with Crippen molar-refractivity contribution in [3.8, 4) is 11.5 Å². The number of hydrogen-bond acceptors (Lipinski definition) is 5. The van der Waals surface area contributed by atoms with Crippen LogP contribution in [0.5, 0.6) is 11.5 Å². The average molecular weight is 341 g/mol. The number of nitrogens with zero attached hydrogens (tertiary/aromatic N) is 1. The molecule has 0 N–H and O–H groups in total. The molecule has 0 amide bonds. The van der Waals surface area contributed by atoms with Gasteiger partial charge in [0.25, 0.3) is 0 Å². The summed E-state index contributed by atoms with van der Waals surface area (Å²) >= 11 is 0. The van der Waals surface area contributed by atoms with Gasteiger partial charge in [-0.3, -0.25) is 0 Å². The lowest BCUT2D eigenvalue weighted by atomic mass is 10.1. The topological polar surface area (TPSA) is 65.1 Å². The number of sulfonamides is 1. The Labute approximate surface area is 137 Å². The van der Waals surface area contributed by atoms with Crippen LogP contribution in [-0.2, 0) is 14.8 Å². The first kappa shape index (κ1) is 16.5. The maximum Gasteiger partial charge on any atom is 0.243 e. The summed E-state index contributed by atoms with van der Waals surface area (Å²) in [4.78, 5) is 0.222. The molecule has 1 aromatic rings. The molecule has 3 rings (SSSR count). The summed E-state index contributed by atoms with van der Waals surface area (Å²) < 4.78 is 43.6. The maximum absolute atomic E-state index is 12.8. The molecule has 2 aliphatic rings. The largest absolute Gasteiger partial charge is 0.490 e. The SMILES string of the molecule is CN(CC1CCCCO1)S(=O)(=O)c1ccc2c(c1)OCCCO2. The standard InChI is InChI=1S/C16H23NO5S/c1-17(12-13-5-2-3-8-20-13)23(18,19)14-6-7-15-16(11-14)22-10-4-9-21-15/h6-7,11,13H,2-5,8-10,12H2,1H3. The highest BCUT2D eigenvalue weighted by Crippen LogP contribution is 2.32. The number of benzene rings is 1. The molecule has 0 bridgehead atoms. The van der Waals surface area contributed by atoms with Crippen molar-refractivity contribution in [2.45, 2.75) is 36.7 Å². The normalized spacial score (nSPS) is 21.9. The maximum atomic E-state index is 12.8. The summed E-state index contributed by atoms with van der Waals surface area (Å²) in [6, 6.07) is 4.79. The van der Waals surface area contributed by atoms with Gasteiger partial charge in [-0.1, -0.05) is 0 Å². The number of hydrogen-bond donors (Lipinski definition) is 0. The van der Waals surface area contributed by atoms with E-state index in [0.717, 1.165) is 25.7 Å². The van der Waals surface area contributed by atoms with Gasteiger partial charge >= 0.3 is 0 Å². The Morgan fingerprint density at radius 2 is 1.87 bits per heavy atom. The summed E-state index contributed by atoms with van der Waals surface area (Å²) in [5.41, 5.74) is 0. The second kappa shape index (κ2) is 7.07. The van der Waals surface area contributed by atoms with E-state index in [0.29, 0.717) is 37.9 Å². The number of likely N-dealkylation sites (N-methyl/N-ethyl adjacent to an activating group) is 1. The molecule has 128 valence electrons. The van der Waals surface area contributed by atoms with Gasteiger partial charge in [0.2, 0.25) is 10.0 Å². The van der Waals surface area contributed by atoms with Crippen LogP contribution in [0.25, 0.3) is 0 Å². The fourth-order valence-corrected chi connectivity index (χ4v) is 4.04. The minimum absolute atomic E-state index is 0.0241. The average Bonchev–Trinajstić information content (AvgIpc) is 2.80. The highest BCUT2D eigenvalue weighted by molar-refractivity contribution is 7.89. The lowest BCUT2D eigenvalue weighted by Crippen LogP contribution is -2.37. The molecule has 0 saturated carbocycles. The van der Waals surface area contributed by atoms with Gasteiger partial charge < -0.3 is 14.2 Å². The van der Waals surface area contributed by atoms with E-state index in [1.165, 1.54) is 4.31 Å². The van der Waals surface area contributed by atoms with Crippen molar-refractivity contribution in [3.05, 3.63) is 18.2 Å². The van der Waals surface area contributed by atoms with E-state index in [2.05, 4.69) is 0 Å². The molecule has 23 heavy (non-hydrogen) atoms. The van der Waals surface area contributed by atoms with Crippen LogP contribution in [0.3, 0.4) is 0 Å². The second-order valence-corrected chi connectivity index (χ2v) is 7.98. The molecule has 1 atom stereocenters. The Morgan fingerprint density at radius 1 is 1.09 bits per heavy atom.